The summed E-state index contributed by atoms with van der Waals surface area (Å²) < 4.78 is 0. The highest BCUT2D eigenvalue weighted by Crippen LogP contribution is 2.10. The third-order valence-corrected chi connectivity index (χ3v) is 2.76. The van der Waals surface area contributed by atoms with Crippen molar-refractivity contribution in [3.8, 4) is 0 Å². The molecule has 0 aliphatic heterocycles. The van der Waals surface area contributed by atoms with Gasteiger partial charge in [-0.3, -0.25) is 9.78 Å². The first kappa shape index (κ1) is 14.5. The van der Waals surface area contributed by atoms with E-state index in [0.717, 1.165) is 38.0 Å². The average molecular weight is 249 g/mol. The molecule has 4 nitrogen and oxygen atoms in total. The van der Waals surface area contributed by atoms with E-state index in [-0.39, 0.29) is 5.91 Å². The van der Waals surface area contributed by atoms with E-state index in [0.29, 0.717) is 5.56 Å². The summed E-state index contributed by atoms with van der Waals surface area (Å²) >= 11 is 0. The van der Waals surface area contributed by atoms with Gasteiger partial charge in [0.25, 0.3) is 5.91 Å². The van der Waals surface area contributed by atoms with Crippen LogP contribution in [0.2, 0.25) is 0 Å². The number of pyridine rings is 1. The standard InChI is InChI=1S/C14H23N3O/c1-4-6-8-17(3)14(18)12-9-13(11-15-10-12)16-7-5-2/h9-11,16H,4-8H2,1-3H3. The summed E-state index contributed by atoms with van der Waals surface area (Å²) in [4.78, 5) is 18.0. The zero-order chi connectivity index (χ0) is 13.4. The Labute approximate surface area is 109 Å². The molecule has 0 atom stereocenters. The third-order valence-electron chi connectivity index (χ3n) is 2.76. The van der Waals surface area contributed by atoms with Crippen LogP contribution < -0.4 is 5.32 Å². The maximum Gasteiger partial charge on any atom is 0.255 e. The van der Waals surface area contributed by atoms with Crippen LogP contribution in [0, 0.1) is 0 Å². The monoisotopic (exact) mass is 249 g/mol. The van der Waals surface area contributed by atoms with Crippen LogP contribution in [-0.2, 0) is 0 Å². The lowest BCUT2D eigenvalue weighted by atomic mass is 10.2. The fraction of sp³-hybridized carbons (Fsp3) is 0.571. The maximum atomic E-state index is 12.1. The third kappa shape index (κ3) is 4.35. The number of anilines is 1. The van der Waals surface area contributed by atoms with Crippen LogP contribution in [0.25, 0.3) is 0 Å². The Kier molecular flexibility index (Phi) is 6.19. The first-order valence-electron chi connectivity index (χ1n) is 6.63. The molecule has 0 radical (unpaired) electrons. The van der Waals surface area contributed by atoms with Gasteiger partial charge in [-0.15, -0.1) is 0 Å². The summed E-state index contributed by atoms with van der Waals surface area (Å²) in [6.07, 6.45) is 6.55. The minimum absolute atomic E-state index is 0.0381. The Bertz CT molecular complexity index is 379. The Morgan fingerprint density at radius 3 is 2.78 bits per heavy atom. The van der Waals surface area contributed by atoms with Gasteiger partial charge in [0.2, 0.25) is 0 Å². The Morgan fingerprint density at radius 1 is 1.33 bits per heavy atom. The number of carbonyl (C=O) groups excluding carboxylic acids is 1. The molecule has 1 aromatic heterocycles. The number of unbranched alkanes of at least 4 members (excludes halogenated alkanes) is 1. The minimum atomic E-state index is 0.0381. The van der Waals surface area contributed by atoms with Gasteiger partial charge in [0.1, 0.15) is 0 Å². The maximum absolute atomic E-state index is 12.1. The number of hydrogen-bond acceptors (Lipinski definition) is 3. The molecule has 4 heteroatoms. The van der Waals surface area contributed by atoms with Crippen LogP contribution >= 0.6 is 0 Å². The summed E-state index contributed by atoms with van der Waals surface area (Å²) in [5, 5.41) is 3.24. The molecule has 1 heterocycles. The smallest absolute Gasteiger partial charge is 0.255 e. The van der Waals surface area contributed by atoms with Crippen LogP contribution in [0.15, 0.2) is 18.5 Å². The van der Waals surface area contributed by atoms with Gasteiger partial charge < -0.3 is 10.2 Å². The number of amides is 1. The predicted octanol–water partition coefficient (Wildman–Crippen LogP) is 2.78. The van der Waals surface area contributed by atoms with Crippen LogP contribution in [0.3, 0.4) is 0 Å². The summed E-state index contributed by atoms with van der Waals surface area (Å²) in [6.45, 7) is 5.91. The van der Waals surface area contributed by atoms with Crippen molar-refractivity contribution in [3.63, 3.8) is 0 Å². The van der Waals surface area contributed by atoms with E-state index >= 15 is 0 Å². The normalized spacial score (nSPS) is 10.2. The molecular weight excluding hydrogens is 226 g/mol. The summed E-state index contributed by atoms with van der Waals surface area (Å²) in [5.41, 5.74) is 1.56. The van der Waals surface area contributed by atoms with Gasteiger partial charge in [-0.05, 0) is 18.9 Å². The Balaban J connectivity index is 2.67. The topological polar surface area (TPSA) is 45.2 Å². The number of carbonyl (C=O) groups is 1. The molecule has 0 aliphatic carbocycles. The molecule has 1 N–H and O–H groups in total. The second kappa shape index (κ2) is 7.69. The molecule has 0 fully saturated rings. The first-order valence-corrected chi connectivity index (χ1v) is 6.63. The van der Waals surface area contributed by atoms with Crippen molar-refractivity contribution < 1.29 is 4.79 Å². The number of nitrogens with zero attached hydrogens (tertiary/aromatic N) is 2. The lowest BCUT2D eigenvalue weighted by molar-refractivity contribution is 0.0793. The van der Waals surface area contributed by atoms with E-state index in [1.54, 1.807) is 17.3 Å². The molecule has 1 aromatic rings. The second-order valence-electron chi connectivity index (χ2n) is 4.47. The molecule has 0 saturated carbocycles. The van der Waals surface area contributed by atoms with Crippen LogP contribution in [0.1, 0.15) is 43.5 Å². The Morgan fingerprint density at radius 2 is 2.11 bits per heavy atom. The van der Waals surface area contributed by atoms with Crippen molar-refractivity contribution in [1.29, 1.82) is 0 Å². The van der Waals surface area contributed by atoms with Gasteiger partial charge in [0.05, 0.1) is 11.3 Å². The minimum Gasteiger partial charge on any atom is -0.384 e. The molecule has 1 amide bonds. The number of hydrogen-bond donors (Lipinski definition) is 1. The van der Waals surface area contributed by atoms with Crippen LogP contribution in [0.4, 0.5) is 5.69 Å². The van der Waals surface area contributed by atoms with E-state index in [1.165, 1.54) is 0 Å². The zero-order valence-electron chi connectivity index (χ0n) is 11.6. The molecule has 100 valence electrons. The van der Waals surface area contributed by atoms with Gasteiger partial charge in [-0.25, -0.2) is 0 Å². The number of aromatic nitrogens is 1. The molecule has 0 spiro atoms. The highest BCUT2D eigenvalue weighted by atomic mass is 16.2. The van der Waals surface area contributed by atoms with Crippen molar-refractivity contribution in [1.82, 2.24) is 9.88 Å². The van der Waals surface area contributed by atoms with Gasteiger partial charge in [0, 0.05) is 32.5 Å². The lowest BCUT2D eigenvalue weighted by Crippen LogP contribution is -2.27. The highest BCUT2D eigenvalue weighted by Gasteiger charge is 2.11. The fourth-order valence-corrected chi connectivity index (χ4v) is 1.64. The van der Waals surface area contributed by atoms with Crippen LogP contribution in [-0.4, -0.2) is 35.9 Å². The molecule has 0 aromatic carbocycles. The van der Waals surface area contributed by atoms with Gasteiger partial charge in [0.15, 0.2) is 0 Å². The average Bonchev–Trinajstić information content (AvgIpc) is 2.42. The fourth-order valence-electron chi connectivity index (χ4n) is 1.64. The molecule has 0 unspecified atom stereocenters. The van der Waals surface area contributed by atoms with E-state index in [4.69, 9.17) is 0 Å². The lowest BCUT2D eigenvalue weighted by Gasteiger charge is -2.17. The molecule has 0 bridgehead atoms. The summed E-state index contributed by atoms with van der Waals surface area (Å²) in [5.74, 6) is 0.0381. The highest BCUT2D eigenvalue weighted by molar-refractivity contribution is 5.94. The van der Waals surface area contributed by atoms with E-state index < -0.39 is 0 Å². The van der Waals surface area contributed by atoms with Gasteiger partial charge in [-0.2, -0.15) is 0 Å². The van der Waals surface area contributed by atoms with Crippen molar-refractivity contribution in [3.05, 3.63) is 24.0 Å². The molecule has 0 aliphatic rings. The first-order chi connectivity index (χ1) is 8.69. The van der Waals surface area contributed by atoms with Crippen LogP contribution in [0.5, 0.6) is 0 Å². The molecular formula is C14H23N3O. The van der Waals surface area contributed by atoms with Crippen molar-refractivity contribution in [2.45, 2.75) is 33.1 Å². The SMILES string of the molecule is CCCCN(C)C(=O)c1cncc(NCCC)c1. The number of nitrogens with one attached hydrogen (secondary N) is 1. The van der Waals surface area contributed by atoms with Gasteiger partial charge >= 0.3 is 0 Å². The molecule has 0 saturated heterocycles. The Hall–Kier alpha value is -1.58. The quantitative estimate of drug-likeness (QED) is 0.808. The summed E-state index contributed by atoms with van der Waals surface area (Å²) in [6, 6.07) is 1.87. The van der Waals surface area contributed by atoms with Gasteiger partial charge in [-0.1, -0.05) is 20.3 Å². The van der Waals surface area contributed by atoms with Crippen molar-refractivity contribution in [2.24, 2.45) is 0 Å². The van der Waals surface area contributed by atoms with E-state index in [9.17, 15) is 4.79 Å². The summed E-state index contributed by atoms with van der Waals surface area (Å²) in [7, 11) is 1.84. The second-order valence-corrected chi connectivity index (χ2v) is 4.47. The number of rotatable bonds is 7. The van der Waals surface area contributed by atoms with E-state index in [2.05, 4.69) is 24.1 Å². The largest absolute Gasteiger partial charge is 0.384 e. The van der Waals surface area contributed by atoms with E-state index in [1.807, 2.05) is 13.1 Å². The molecule has 1 rings (SSSR count). The zero-order valence-corrected chi connectivity index (χ0v) is 11.6. The van der Waals surface area contributed by atoms with Crippen molar-refractivity contribution >= 4 is 11.6 Å². The predicted molar refractivity (Wildman–Crippen MR) is 74.9 cm³/mol. The van der Waals surface area contributed by atoms with Crippen molar-refractivity contribution in [2.75, 3.05) is 25.5 Å². The molecule has 18 heavy (non-hydrogen) atoms.